The molecule has 0 fully saturated rings. The van der Waals surface area contributed by atoms with Gasteiger partial charge in [0.15, 0.2) is 5.16 Å². The Balaban J connectivity index is 1.56. The Morgan fingerprint density at radius 1 is 1.16 bits per heavy atom. The van der Waals surface area contributed by atoms with Gasteiger partial charge in [0.05, 0.1) is 11.5 Å². The van der Waals surface area contributed by atoms with Gasteiger partial charge >= 0.3 is 0 Å². The van der Waals surface area contributed by atoms with Gasteiger partial charge in [-0.1, -0.05) is 66.2 Å². The summed E-state index contributed by atoms with van der Waals surface area (Å²) < 4.78 is 1.98. The molecule has 0 saturated carbocycles. The molecular weight excluding hydrogens is 483 g/mol. The fraction of sp³-hybridized carbons (Fsp3) is 0.261. The number of anilines is 1. The smallest absolute Gasteiger partial charge is 0.234 e. The third-order valence-corrected chi connectivity index (χ3v) is 7.12. The molecule has 1 heterocycles. The Morgan fingerprint density at radius 3 is 2.62 bits per heavy atom. The highest BCUT2D eigenvalue weighted by atomic mass is 35.5. The molecule has 3 aromatic rings. The van der Waals surface area contributed by atoms with E-state index in [-0.39, 0.29) is 11.7 Å². The van der Waals surface area contributed by atoms with E-state index >= 15 is 0 Å². The number of carbonyl (C=O) groups is 1. The summed E-state index contributed by atoms with van der Waals surface area (Å²) in [5.41, 5.74) is 3.05. The van der Waals surface area contributed by atoms with E-state index < -0.39 is 0 Å². The molecule has 0 radical (unpaired) electrons. The average molecular weight is 508 g/mol. The second-order valence-electron chi connectivity index (χ2n) is 6.91. The molecular formula is C23H24Cl2N4OS2. The number of aromatic nitrogens is 3. The van der Waals surface area contributed by atoms with E-state index in [1.54, 1.807) is 23.9 Å². The lowest BCUT2D eigenvalue weighted by Crippen LogP contribution is -2.14. The highest BCUT2D eigenvalue weighted by Crippen LogP contribution is 2.27. The van der Waals surface area contributed by atoms with Crippen molar-refractivity contribution >= 4 is 58.3 Å². The number of thioether (sulfide) groups is 2. The molecule has 0 aliphatic carbocycles. The number of carbonyl (C=O) groups excluding carboxylic acids is 1. The van der Waals surface area contributed by atoms with Crippen LogP contribution in [0.3, 0.4) is 0 Å². The number of nitrogens with one attached hydrogen (secondary N) is 1. The predicted molar refractivity (Wildman–Crippen MR) is 137 cm³/mol. The zero-order chi connectivity index (χ0) is 22.9. The van der Waals surface area contributed by atoms with E-state index in [4.69, 9.17) is 23.2 Å². The zero-order valence-electron chi connectivity index (χ0n) is 17.7. The maximum absolute atomic E-state index is 12.4. The molecule has 2 aromatic carbocycles. The first-order chi connectivity index (χ1) is 15.5. The number of nitrogens with zero attached hydrogens (tertiary/aromatic N) is 3. The summed E-state index contributed by atoms with van der Waals surface area (Å²) in [7, 11) is 0. The van der Waals surface area contributed by atoms with Crippen LogP contribution < -0.4 is 5.32 Å². The number of rotatable bonds is 11. The molecule has 0 aliphatic heterocycles. The third-order valence-electron chi connectivity index (χ3n) is 4.59. The van der Waals surface area contributed by atoms with Crippen molar-refractivity contribution in [3.63, 3.8) is 0 Å². The molecule has 168 valence electrons. The van der Waals surface area contributed by atoms with Crippen molar-refractivity contribution in [2.75, 3.05) is 11.1 Å². The van der Waals surface area contributed by atoms with Crippen molar-refractivity contribution in [2.24, 2.45) is 0 Å². The molecule has 0 saturated heterocycles. The van der Waals surface area contributed by atoms with Gasteiger partial charge in [-0.25, -0.2) is 0 Å². The Labute approximate surface area is 207 Å². The molecule has 32 heavy (non-hydrogen) atoms. The number of halogens is 2. The van der Waals surface area contributed by atoms with Crippen LogP contribution in [0.25, 0.3) is 0 Å². The summed E-state index contributed by atoms with van der Waals surface area (Å²) in [6, 6.07) is 13.4. The minimum atomic E-state index is -0.0827. The topological polar surface area (TPSA) is 59.8 Å². The number of hydrogen-bond acceptors (Lipinski definition) is 5. The van der Waals surface area contributed by atoms with Crippen LogP contribution in [0.5, 0.6) is 0 Å². The normalized spacial score (nSPS) is 10.8. The number of allylic oxidation sites excluding steroid dienone is 1. The maximum Gasteiger partial charge on any atom is 0.234 e. The van der Waals surface area contributed by atoms with Gasteiger partial charge in [0.25, 0.3) is 0 Å². The highest BCUT2D eigenvalue weighted by molar-refractivity contribution is 7.99. The van der Waals surface area contributed by atoms with E-state index in [0.29, 0.717) is 27.5 Å². The van der Waals surface area contributed by atoms with Crippen LogP contribution in [0, 0.1) is 0 Å². The molecule has 5 nitrogen and oxygen atoms in total. The maximum atomic E-state index is 12.4. The van der Waals surface area contributed by atoms with Gasteiger partial charge in [0.2, 0.25) is 5.91 Å². The number of hydrogen-bond donors (Lipinski definition) is 1. The Kier molecular flexibility index (Phi) is 9.53. The van der Waals surface area contributed by atoms with Crippen LogP contribution in [0.2, 0.25) is 10.0 Å². The van der Waals surface area contributed by atoms with Gasteiger partial charge in [-0.2, -0.15) is 0 Å². The van der Waals surface area contributed by atoms with Crippen LogP contribution >= 0.6 is 46.7 Å². The fourth-order valence-corrected chi connectivity index (χ4v) is 5.18. The lowest BCUT2D eigenvalue weighted by Gasteiger charge is -2.09. The van der Waals surface area contributed by atoms with E-state index in [1.807, 2.05) is 41.0 Å². The van der Waals surface area contributed by atoms with Crippen molar-refractivity contribution in [1.82, 2.24) is 14.8 Å². The van der Waals surface area contributed by atoms with Crippen LogP contribution in [0.4, 0.5) is 5.69 Å². The lowest BCUT2D eigenvalue weighted by molar-refractivity contribution is -0.113. The minimum absolute atomic E-state index is 0.0827. The molecule has 1 aromatic heterocycles. The molecule has 3 rings (SSSR count). The van der Waals surface area contributed by atoms with Gasteiger partial charge in [0.1, 0.15) is 5.82 Å². The summed E-state index contributed by atoms with van der Waals surface area (Å²) in [4.78, 5) is 12.4. The van der Waals surface area contributed by atoms with Crippen molar-refractivity contribution in [3.05, 3.63) is 82.1 Å². The summed E-state index contributed by atoms with van der Waals surface area (Å²) >= 11 is 15.3. The first-order valence-corrected chi connectivity index (χ1v) is 13.0. The molecule has 9 heteroatoms. The second-order valence-corrected chi connectivity index (χ2v) is 9.69. The second kappa shape index (κ2) is 12.3. The Bertz CT molecular complexity index is 1070. The largest absolute Gasteiger partial charge is 0.325 e. The molecule has 1 amide bonds. The third kappa shape index (κ3) is 7.04. The predicted octanol–water partition coefficient (Wildman–Crippen LogP) is 6.50. The number of benzene rings is 2. The Morgan fingerprint density at radius 2 is 1.94 bits per heavy atom. The van der Waals surface area contributed by atoms with Gasteiger partial charge < -0.3 is 9.88 Å². The monoisotopic (exact) mass is 506 g/mol. The summed E-state index contributed by atoms with van der Waals surface area (Å²) in [5.74, 6) is 2.39. The van der Waals surface area contributed by atoms with Gasteiger partial charge in [-0.05, 0) is 41.8 Å². The highest BCUT2D eigenvalue weighted by Gasteiger charge is 2.14. The first-order valence-electron chi connectivity index (χ1n) is 10.1. The SMILES string of the molecule is C=CCn1c(CSCc2ccc(Cl)cc2Cl)nnc1SCC(=O)Nc1ccc(CC)cc1. The van der Waals surface area contributed by atoms with Crippen molar-refractivity contribution in [1.29, 1.82) is 0 Å². The lowest BCUT2D eigenvalue weighted by atomic mass is 10.1. The quantitative estimate of drug-likeness (QED) is 0.237. The molecule has 0 aliphatic rings. The van der Waals surface area contributed by atoms with Crippen LogP contribution in [0.15, 0.2) is 60.3 Å². The number of aryl methyl sites for hydroxylation is 1. The summed E-state index contributed by atoms with van der Waals surface area (Å²) in [6.07, 6.45) is 2.77. The van der Waals surface area contributed by atoms with Crippen LogP contribution in [0.1, 0.15) is 23.9 Å². The van der Waals surface area contributed by atoms with Gasteiger partial charge in [-0.15, -0.1) is 28.5 Å². The standard InChI is InChI=1S/C23H24Cl2N4OS2/c1-3-11-29-21(14-31-13-17-7-8-18(24)12-20(17)25)27-28-23(29)32-15-22(30)26-19-9-5-16(4-2)6-10-19/h3,5-10,12H,1,4,11,13-15H2,2H3,(H,26,30). The van der Waals surface area contributed by atoms with Crippen molar-refractivity contribution < 1.29 is 4.79 Å². The summed E-state index contributed by atoms with van der Waals surface area (Å²) in [5, 5.41) is 13.5. The van der Waals surface area contributed by atoms with E-state index in [2.05, 4.69) is 29.0 Å². The van der Waals surface area contributed by atoms with Crippen molar-refractivity contribution in [2.45, 2.75) is 36.6 Å². The zero-order valence-corrected chi connectivity index (χ0v) is 20.8. The van der Waals surface area contributed by atoms with Gasteiger partial charge in [0, 0.05) is 28.0 Å². The molecule has 0 bridgehead atoms. The van der Waals surface area contributed by atoms with Gasteiger partial charge in [-0.3, -0.25) is 4.79 Å². The van der Waals surface area contributed by atoms with Crippen LogP contribution in [-0.2, 0) is 29.3 Å². The minimum Gasteiger partial charge on any atom is -0.325 e. The van der Waals surface area contributed by atoms with E-state index in [9.17, 15) is 4.79 Å². The van der Waals surface area contributed by atoms with E-state index in [0.717, 1.165) is 29.2 Å². The summed E-state index contributed by atoms with van der Waals surface area (Å²) in [6.45, 7) is 6.51. The van der Waals surface area contributed by atoms with Crippen molar-refractivity contribution in [3.8, 4) is 0 Å². The molecule has 0 spiro atoms. The first kappa shape index (κ1) is 24.7. The number of amides is 1. The molecule has 0 atom stereocenters. The molecule has 0 unspecified atom stereocenters. The van der Waals surface area contributed by atoms with E-state index in [1.165, 1.54) is 17.3 Å². The average Bonchev–Trinajstić information content (AvgIpc) is 3.16. The fourth-order valence-electron chi connectivity index (χ4n) is 2.89. The molecule has 1 N–H and O–H groups in total. The Hall–Kier alpha value is -1.93. The van der Waals surface area contributed by atoms with Crippen LogP contribution in [-0.4, -0.2) is 26.4 Å².